The minimum absolute atomic E-state index is 0.0449. The number of hydrogen-bond acceptors (Lipinski definition) is 3. The second-order valence-electron chi connectivity index (χ2n) is 7.40. The topological polar surface area (TPSA) is 46.5 Å². The van der Waals surface area contributed by atoms with E-state index in [0.717, 1.165) is 28.7 Å². The normalized spacial score (nSPS) is 10.6. The summed E-state index contributed by atoms with van der Waals surface area (Å²) in [4.78, 5) is 11.6. The summed E-state index contributed by atoms with van der Waals surface area (Å²) < 4.78 is 5.22. The van der Waals surface area contributed by atoms with E-state index in [-0.39, 0.29) is 19.2 Å². The van der Waals surface area contributed by atoms with Crippen LogP contribution in [0.1, 0.15) is 30.5 Å². The van der Waals surface area contributed by atoms with Gasteiger partial charge in [0.2, 0.25) is 0 Å². The lowest BCUT2D eigenvalue weighted by Gasteiger charge is -2.12. The van der Waals surface area contributed by atoms with Gasteiger partial charge in [0.1, 0.15) is 0 Å². The Labute approximate surface area is 178 Å². The van der Waals surface area contributed by atoms with Gasteiger partial charge in [-0.3, -0.25) is 0 Å². The molecule has 0 saturated heterocycles. The summed E-state index contributed by atoms with van der Waals surface area (Å²) >= 11 is 0. The molecule has 0 aliphatic carbocycles. The van der Waals surface area contributed by atoms with Crippen molar-refractivity contribution in [3.63, 3.8) is 0 Å². The molecule has 3 aromatic carbocycles. The Morgan fingerprint density at radius 2 is 1.57 bits per heavy atom. The number of aryl methyl sites for hydroxylation is 1. The summed E-state index contributed by atoms with van der Waals surface area (Å²) in [6, 6.07) is 23.1. The molecule has 0 saturated carbocycles. The summed E-state index contributed by atoms with van der Waals surface area (Å²) in [6.07, 6.45) is 1.55. The molecule has 3 heteroatoms. The van der Waals surface area contributed by atoms with Crippen LogP contribution in [-0.4, -0.2) is 17.7 Å². The standard InChI is InChI=1S/C27H28O3/c1-4-20-7-5-6-8-26(20)22-11-9-21(10-12-22)23-13-14-25(18-28)24(17-23)15-16-30-27(29)19(2)3/h5-14,17,28H,2,4,15-16,18H2,1,3H3. The van der Waals surface area contributed by atoms with E-state index in [1.54, 1.807) is 6.92 Å². The quantitative estimate of drug-likeness (QED) is 0.388. The van der Waals surface area contributed by atoms with E-state index in [2.05, 4.69) is 68.1 Å². The van der Waals surface area contributed by atoms with Crippen molar-refractivity contribution in [1.82, 2.24) is 0 Å². The number of benzene rings is 3. The number of carbonyl (C=O) groups is 1. The highest BCUT2D eigenvalue weighted by molar-refractivity contribution is 5.86. The van der Waals surface area contributed by atoms with Gasteiger partial charge in [-0.15, -0.1) is 0 Å². The van der Waals surface area contributed by atoms with Gasteiger partial charge in [0, 0.05) is 12.0 Å². The minimum atomic E-state index is -0.389. The van der Waals surface area contributed by atoms with Crippen LogP contribution < -0.4 is 0 Å². The molecule has 154 valence electrons. The summed E-state index contributed by atoms with van der Waals surface area (Å²) in [6.45, 7) is 7.61. The maximum atomic E-state index is 11.6. The Morgan fingerprint density at radius 3 is 2.23 bits per heavy atom. The molecule has 0 aromatic heterocycles. The Balaban J connectivity index is 1.81. The zero-order valence-electron chi connectivity index (χ0n) is 17.7. The molecular weight excluding hydrogens is 372 g/mol. The Bertz CT molecular complexity index is 1030. The van der Waals surface area contributed by atoms with Crippen molar-refractivity contribution in [3.8, 4) is 22.3 Å². The molecule has 0 aliphatic rings. The van der Waals surface area contributed by atoms with Gasteiger partial charge < -0.3 is 9.84 Å². The average Bonchev–Trinajstić information content (AvgIpc) is 2.79. The zero-order chi connectivity index (χ0) is 21.5. The number of esters is 1. The molecule has 0 atom stereocenters. The largest absolute Gasteiger partial charge is 0.462 e. The number of hydrogen-bond donors (Lipinski definition) is 1. The highest BCUT2D eigenvalue weighted by Gasteiger charge is 2.09. The van der Waals surface area contributed by atoms with E-state index in [1.807, 2.05) is 12.1 Å². The monoisotopic (exact) mass is 400 g/mol. The highest BCUT2D eigenvalue weighted by Crippen LogP contribution is 2.28. The molecule has 0 amide bonds. The highest BCUT2D eigenvalue weighted by atomic mass is 16.5. The first-order valence-corrected chi connectivity index (χ1v) is 10.3. The second-order valence-corrected chi connectivity index (χ2v) is 7.40. The summed E-state index contributed by atoms with van der Waals surface area (Å²) in [5.41, 5.74) is 8.20. The Kier molecular flexibility index (Phi) is 7.21. The molecule has 30 heavy (non-hydrogen) atoms. The average molecular weight is 401 g/mol. The third-order valence-electron chi connectivity index (χ3n) is 5.26. The minimum Gasteiger partial charge on any atom is -0.462 e. The van der Waals surface area contributed by atoms with Crippen LogP contribution in [0.3, 0.4) is 0 Å². The van der Waals surface area contributed by atoms with Crippen molar-refractivity contribution in [1.29, 1.82) is 0 Å². The second kappa shape index (κ2) is 10.0. The summed E-state index contributed by atoms with van der Waals surface area (Å²) in [5.74, 6) is -0.389. The third kappa shape index (κ3) is 5.05. The van der Waals surface area contributed by atoms with Gasteiger partial charge in [0.15, 0.2) is 0 Å². The maximum Gasteiger partial charge on any atom is 0.333 e. The van der Waals surface area contributed by atoms with Crippen molar-refractivity contribution in [2.24, 2.45) is 0 Å². The fraction of sp³-hybridized carbons (Fsp3) is 0.222. The lowest BCUT2D eigenvalue weighted by molar-refractivity contribution is -0.138. The molecule has 0 bridgehead atoms. The molecule has 0 heterocycles. The van der Waals surface area contributed by atoms with Crippen LogP contribution in [0.25, 0.3) is 22.3 Å². The lowest BCUT2D eigenvalue weighted by Crippen LogP contribution is -2.09. The number of aliphatic hydroxyl groups is 1. The van der Waals surface area contributed by atoms with E-state index in [9.17, 15) is 9.90 Å². The van der Waals surface area contributed by atoms with Crippen molar-refractivity contribution >= 4 is 5.97 Å². The van der Waals surface area contributed by atoms with Gasteiger partial charge in [-0.25, -0.2) is 4.79 Å². The van der Waals surface area contributed by atoms with Crippen LogP contribution in [0.4, 0.5) is 0 Å². The van der Waals surface area contributed by atoms with E-state index in [1.165, 1.54) is 16.7 Å². The molecule has 3 rings (SSSR count). The molecule has 3 aromatic rings. The molecule has 0 radical (unpaired) electrons. The van der Waals surface area contributed by atoms with Gasteiger partial charge >= 0.3 is 5.97 Å². The van der Waals surface area contributed by atoms with E-state index < -0.39 is 0 Å². The maximum absolute atomic E-state index is 11.6. The van der Waals surface area contributed by atoms with Gasteiger partial charge in [-0.05, 0) is 52.3 Å². The van der Waals surface area contributed by atoms with Crippen LogP contribution in [0, 0.1) is 0 Å². The van der Waals surface area contributed by atoms with Gasteiger partial charge in [-0.2, -0.15) is 0 Å². The molecule has 0 aliphatic heterocycles. The van der Waals surface area contributed by atoms with E-state index in [4.69, 9.17) is 4.74 Å². The zero-order valence-corrected chi connectivity index (χ0v) is 17.7. The van der Waals surface area contributed by atoms with Crippen LogP contribution in [0.5, 0.6) is 0 Å². The first-order valence-electron chi connectivity index (χ1n) is 10.3. The fourth-order valence-electron chi connectivity index (χ4n) is 3.52. The van der Waals surface area contributed by atoms with Crippen LogP contribution in [-0.2, 0) is 29.0 Å². The number of aliphatic hydroxyl groups excluding tert-OH is 1. The predicted molar refractivity (Wildman–Crippen MR) is 122 cm³/mol. The van der Waals surface area contributed by atoms with Crippen LogP contribution in [0.2, 0.25) is 0 Å². The van der Waals surface area contributed by atoms with Crippen LogP contribution >= 0.6 is 0 Å². The van der Waals surface area contributed by atoms with Crippen molar-refractivity contribution in [2.45, 2.75) is 33.3 Å². The van der Waals surface area contributed by atoms with Crippen molar-refractivity contribution < 1.29 is 14.6 Å². The third-order valence-corrected chi connectivity index (χ3v) is 5.26. The Morgan fingerprint density at radius 1 is 0.900 bits per heavy atom. The van der Waals surface area contributed by atoms with Crippen molar-refractivity contribution in [3.05, 3.63) is 95.6 Å². The molecule has 1 N–H and O–H groups in total. The SMILES string of the molecule is C=C(C)C(=O)OCCc1cc(-c2ccc(-c3ccccc3CC)cc2)ccc1CO. The van der Waals surface area contributed by atoms with Gasteiger partial charge in [-0.1, -0.05) is 80.2 Å². The Hall–Kier alpha value is -3.17. The molecular formula is C27H28O3. The van der Waals surface area contributed by atoms with E-state index in [0.29, 0.717) is 12.0 Å². The summed E-state index contributed by atoms with van der Waals surface area (Å²) in [7, 11) is 0. The first kappa shape index (κ1) is 21.5. The summed E-state index contributed by atoms with van der Waals surface area (Å²) in [5, 5.41) is 9.67. The fourth-order valence-corrected chi connectivity index (χ4v) is 3.52. The molecule has 3 nitrogen and oxygen atoms in total. The lowest BCUT2D eigenvalue weighted by atomic mass is 9.94. The van der Waals surface area contributed by atoms with Crippen molar-refractivity contribution in [2.75, 3.05) is 6.61 Å². The predicted octanol–water partition coefficient (Wildman–Crippen LogP) is 5.74. The first-order chi connectivity index (χ1) is 14.5. The molecule has 0 spiro atoms. The van der Waals surface area contributed by atoms with Gasteiger partial charge in [0.25, 0.3) is 0 Å². The number of rotatable bonds is 8. The number of ether oxygens (including phenoxy) is 1. The number of carbonyl (C=O) groups excluding carboxylic acids is 1. The van der Waals surface area contributed by atoms with Gasteiger partial charge in [0.05, 0.1) is 13.2 Å². The van der Waals surface area contributed by atoms with Crippen LogP contribution in [0.15, 0.2) is 78.9 Å². The molecule has 0 fully saturated rings. The van der Waals surface area contributed by atoms with E-state index >= 15 is 0 Å². The molecule has 0 unspecified atom stereocenters. The smallest absolute Gasteiger partial charge is 0.333 e.